The monoisotopic (exact) mass is 358 g/mol. The average molecular weight is 358 g/mol. The lowest BCUT2D eigenvalue weighted by molar-refractivity contribution is -0.126. The van der Waals surface area contributed by atoms with E-state index in [1.54, 1.807) is 11.1 Å². The van der Waals surface area contributed by atoms with Crippen LogP contribution in [0.4, 0.5) is 11.5 Å². The predicted molar refractivity (Wildman–Crippen MR) is 101 cm³/mol. The fourth-order valence-corrected chi connectivity index (χ4v) is 4.21. The van der Waals surface area contributed by atoms with Crippen molar-refractivity contribution in [1.29, 1.82) is 0 Å². The van der Waals surface area contributed by atoms with Gasteiger partial charge in [0.15, 0.2) is 0 Å². The van der Waals surface area contributed by atoms with Gasteiger partial charge in [-0.2, -0.15) is 5.10 Å². The van der Waals surface area contributed by atoms with Crippen molar-refractivity contribution < 1.29 is 9.59 Å². The van der Waals surface area contributed by atoms with Crippen molar-refractivity contribution in [3.8, 4) is 0 Å². The number of H-pyrrole nitrogens is 1. The summed E-state index contributed by atoms with van der Waals surface area (Å²) in [7, 11) is 0. The van der Waals surface area contributed by atoms with Crippen LogP contribution in [0.2, 0.25) is 0 Å². The van der Waals surface area contributed by atoms with Gasteiger partial charge in [-0.1, -0.05) is 48.0 Å². The molecule has 2 N–H and O–H groups in total. The summed E-state index contributed by atoms with van der Waals surface area (Å²) in [5, 5.41) is 9.67. The molecule has 3 aromatic rings. The molecule has 1 atom stereocenters. The van der Waals surface area contributed by atoms with Crippen molar-refractivity contribution >= 4 is 23.3 Å². The Labute approximate surface area is 156 Å². The summed E-state index contributed by atoms with van der Waals surface area (Å²) in [4.78, 5) is 27.9. The number of para-hydroxylation sites is 1. The molecule has 3 heterocycles. The van der Waals surface area contributed by atoms with Gasteiger partial charge in [0.2, 0.25) is 11.8 Å². The van der Waals surface area contributed by atoms with E-state index in [1.165, 1.54) is 5.56 Å². The molecule has 5 rings (SSSR count). The first kappa shape index (κ1) is 15.8. The number of anilines is 2. The molecule has 0 fully saturated rings. The maximum Gasteiger partial charge on any atom is 0.243 e. The van der Waals surface area contributed by atoms with Crippen molar-refractivity contribution in [3.05, 3.63) is 77.0 Å². The summed E-state index contributed by atoms with van der Waals surface area (Å²) in [6.07, 6.45) is 1.73. The number of hydrogen-bond donors (Lipinski definition) is 2. The zero-order valence-corrected chi connectivity index (χ0v) is 14.8. The summed E-state index contributed by atoms with van der Waals surface area (Å²) in [6.45, 7) is 2.50. The average Bonchev–Trinajstić information content (AvgIpc) is 3.22. The van der Waals surface area contributed by atoms with E-state index in [4.69, 9.17) is 0 Å². The number of nitrogens with zero attached hydrogens (tertiary/aromatic N) is 2. The minimum Gasteiger partial charge on any atom is -0.311 e. The standard InChI is InChI=1S/C21H18N4O2/c1-13-6-8-14(9-7-13)12-25-17-5-3-2-4-15(17)21(20(25)27)10-18(26)23-19-16(21)11-22-24-19/h2-9,11H,10,12H2,1H3,(H2,22,23,24,26). The van der Waals surface area contributed by atoms with Crippen molar-refractivity contribution in [2.24, 2.45) is 0 Å². The van der Waals surface area contributed by atoms with E-state index in [1.807, 2.05) is 55.5 Å². The Balaban J connectivity index is 1.67. The molecule has 6 nitrogen and oxygen atoms in total. The lowest BCUT2D eigenvalue weighted by atomic mass is 9.72. The molecular weight excluding hydrogens is 340 g/mol. The predicted octanol–water partition coefficient (Wildman–Crippen LogP) is 2.89. The van der Waals surface area contributed by atoms with E-state index >= 15 is 0 Å². The van der Waals surface area contributed by atoms with E-state index < -0.39 is 5.41 Å². The molecule has 1 spiro atoms. The Morgan fingerprint density at radius 3 is 2.67 bits per heavy atom. The van der Waals surface area contributed by atoms with Gasteiger partial charge in [-0.3, -0.25) is 14.7 Å². The Morgan fingerprint density at radius 1 is 1.07 bits per heavy atom. The van der Waals surface area contributed by atoms with E-state index in [-0.39, 0.29) is 18.2 Å². The summed E-state index contributed by atoms with van der Waals surface area (Å²) >= 11 is 0. The van der Waals surface area contributed by atoms with E-state index in [0.29, 0.717) is 12.4 Å². The highest BCUT2D eigenvalue weighted by Gasteiger charge is 2.56. The molecule has 0 saturated heterocycles. The molecule has 27 heavy (non-hydrogen) atoms. The van der Waals surface area contributed by atoms with E-state index in [2.05, 4.69) is 15.5 Å². The zero-order chi connectivity index (χ0) is 18.6. The van der Waals surface area contributed by atoms with Crippen molar-refractivity contribution in [2.45, 2.75) is 25.3 Å². The van der Waals surface area contributed by atoms with E-state index in [9.17, 15) is 9.59 Å². The maximum atomic E-state index is 13.7. The molecule has 0 radical (unpaired) electrons. The Kier molecular flexibility index (Phi) is 3.25. The minimum atomic E-state index is -1.02. The van der Waals surface area contributed by atoms with Gasteiger partial charge in [0, 0.05) is 17.7 Å². The topological polar surface area (TPSA) is 78.1 Å². The molecule has 0 saturated carbocycles. The molecule has 2 aliphatic rings. The largest absolute Gasteiger partial charge is 0.311 e. The molecule has 1 aromatic heterocycles. The highest BCUT2D eigenvalue weighted by atomic mass is 16.2. The Morgan fingerprint density at radius 2 is 1.85 bits per heavy atom. The number of fused-ring (bicyclic) bond motifs is 4. The zero-order valence-electron chi connectivity index (χ0n) is 14.8. The molecule has 2 aliphatic heterocycles. The van der Waals surface area contributed by atoms with Crippen molar-refractivity contribution in [1.82, 2.24) is 10.2 Å². The number of aromatic nitrogens is 2. The smallest absolute Gasteiger partial charge is 0.243 e. The van der Waals surface area contributed by atoms with Crippen LogP contribution in [0.25, 0.3) is 0 Å². The summed E-state index contributed by atoms with van der Waals surface area (Å²) in [5.74, 6) is 0.237. The van der Waals surface area contributed by atoms with Crippen molar-refractivity contribution in [2.75, 3.05) is 10.2 Å². The number of carbonyl (C=O) groups excluding carboxylic acids is 2. The number of aromatic amines is 1. The third-order valence-electron chi connectivity index (χ3n) is 5.52. The van der Waals surface area contributed by atoms with Crippen LogP contribution in [-0.4, -0.2) is 22.0 Å². The Hall–Kier alpha value is -3.41. The van der Waals surface area contributed by atoms with Gasteiger partial charge >= 0.3 is 0 Å². The highest BCUT2D eigenvalue weighted by Crippen LogP contribution is 2.51. The number of hydrogen-bond acceptors (Lipinski definition) is 3. The van der Waals surface area contributed by atoms with Gasteiger partial charge in [-0.05, 0) is 24.1 Å². The van der Waals surface area contributed by atoms with Crippen LogP contribution in [0.5, 0.6) is 0 Å². The molecule has 134 valence electrons. The first-order valence-electron chi connectivity index (χ1n) is 8.90. The van der Waals surface area contributed by atoms with Gasteiger partial charge in [-0.25, -0.2) is 0 Å². The van der Waals surface area contributed by atoms with Gasteiger partial charge in [-0.15, -0.1) is 0 Å². The maximum absolute atomic E-state index is 13.7. The molecule has 2 aromatic carbocycles. The van der Waals surface area contributed by atoms with Gasteiger partial charge < -0.3 is 10.2 Å². The second kappa shape index (κ2) is 5.54. The number of nitrogens with one attached hydrogen (secondary N) is 2. The van der Waals surface area contributed by atoms with Crippen LogP contribution in [0, 0.1) is 6.92 Å². The quantitative estimate of drug-likeness (QED) is 0.739. The summed E-state index contributed by atoms with van der Waals surface area (Å²) in [5.41, 5.74) is 3.64. The van der Waals surface area contributed by atoms with Crippen LogP contribution < -0.4 is 10.2 Å². The first-order chi connectivity index (χ1) is 13.1. The van der Waals surface area contributed by atoms with Crippen LogP contribution in [0.3, 0.4) is 0 Å². The fraction of sp³-hybridized carbons (Fsp3) is 0.190. The minimum absolute atomic E-state index is 0.0817. The number of carbonyl (C=O) groups is 2. The number of benzene rings is 2. The van der Waals surface area contributed by atoms with Gasteiger partial charge in [0.05, 0.1) is 12.7 Å². The molecule has 0 aliphatic carbocycles. The SMILES string of the molecule is Cc1ccc(CN2C(=O)C3(CC(=O)Nc4[nH]ncc43)c3ccccc32)cc1. The normalized spacial score (nSPS) is 20.6. The molecule has 1 unspecified atom stereocenters. The molecule has 0 bridgehead atoms. The van der Waals surface area contributed by atoms with Crippen LogP contribution in [0.1, 0.15) is 28.7 Å². The summed E-state index contributed by atoms with van der Waals surface area (Å²) in [6, 6.07) is 15.9. The summed E-state index contributed by atoms with van der Waals surface area (Å²) < 4.78 is 0. The van der Waals surface area contributed by atoms with E-state index in [0.717, 1.165) is 22.4 Å². The second-order valence-electron chi connectivity index (χ2n) is 7.18. The molecule has 6 heteroatoms. The number of rotatable bonds is 2. The lowest BCUT2D eigenvalue weighted by Crippen LogP contribution is -2.46. The van der Waals surface area contributed by atoms with Crippen LogP contribution in [-0.2, 0) is 21.5 Å². The molecule has 2 amide bonds. The van der Waals surface area contributed by atoms with Crippen molar-refractivity contribution in [3.63, 3.8) is 0 Å². The molecular formula is C21H18N4O2. The van der Waals surface area contributed by atoms with Gasteiger partial charge in [0.1, 0.15) is 11.2 Å². The van der Waals surface area contributed by atoms with Crippen LogP contribution >= 0.6 is 0 Å². The second-order valence-corrected chi connectivity index (χ2v) is 7.18. The number of aryl methyl sites for hydroxylation is 1. The lowest BCUT2D eigenvalue weighted by Gasteiger charge is -2.31. The highest BCUT2D eigenvalue weighted by molar-refractivity contribution is 6.15. The van der Waals surface area contributed by atoms with Crippen LogP contribution in [0.15, 0.2) is 54.7 Å². The Bertz CT molecular complexity index is 1070. The van der Waals surface area contributed by atoms with Gasteiger partial charge in [0.25, 0.3) is 0 Å². The first-order valence-corrected chi connectivity index (χ1v) is 8.90. The third-order valence-corrected chi connectivity index (χ3v) is 5.52. The fourth-order valence-electron chi connectivity index (χ4n) is 4.21. The number of amides is 2. The third kappa shape index (κ3) is 2.16.